The summed E-state index contributed by atoms with van der Waals surface area (Å²) in [6, 6.07) is 0.659. The van der Waals surface area contributed by atoms with Gasteiger partial charge in [0.05, 0.1) is 12.7 Å². The van der Waals surface area contributed by atoms with Gasteiger partial charge in [0.2, 0.25) is 10.0 Å². The lowest BCUT2D eigenvalue weighted by Gasteiger charge is -2.23. The second kappa shape index (κ2) is 5.90. The number of rotatable bonds is 6. The van der Waals surface area contributed by atoms with Crippen molar-refractivity contribution >= 4 is 10.0 Å². The summed E-state index contributed by atoms with van der Waals surface area (Å²) in [6.07, 6.45) is 8.37. The van der Waals surface area contributed by atoms with E-state index in [2.05, 4.69) is 10.4 Å². The van der Waals surface area contributed by atoms with E-state index in [1.807, 2.05) is 13.0 Å². The van der Waals surface area contributed by atoms with E-state index in [0.29, 0.717) is 30.6 Å². The van der Waals surface area contributed by atoms with E-state index >= 15 is 0 Å². The highest BCUT2D eigenvalue weighted by atomic mass is 32.2. The molecule has 21 heavy (non-hydrogen) atoms. The van der Waals surface area contributed by atoms with Crippen LogP contribution in [-0.2, 0) is 16.6 Å². The molecule has 1 aliphatic carbocycles. The minimum absolute atomic E-state index is 0.293. The fraction of sp³-hybridized carbons (Fsp3) is 0.643. The van der Waals surface area contributed by atoms with Crippen LogP contribution in [0.2, 0.25) is 0 Å². The zero-order valence-corrected chi connectivity index (χ0v) is 13.1. The fourth-order valence-electron chi connectivity index (χ4n) is 2.39. The minimum atomic E-state index is -3.41. The third-order valence-corrected chi connectivity index (χ3v) is 5.82. The van der Waals surface area contributed by atoms with Crippen LogP contribution in [0.5, 0.6) is 0 Å². The van der Waals surface area contributed by atoms with Gasteiger partial charge in [0.1, 0.15) is 4.90 Å². The van der Waals surface area contributed by atoms with Crippen LogP contribution < -0.4 is 5.32 Å². The van der Waals surface area contributed by atoms with Crippen LogP contribution in [-0.4, -0.2) is 48.2 Å². The van der Waals surface area contributed by atoms with Gasteiger partial charge in [-0.1, -0.05) is 11.6 Å². The highest BCUT2D eigenvalue weighted by Crippen LogP contribution is 2.20. The Hall–Kier alpha value is -1.18. The van der Waals surface area contributed by atoms with Crippen molar-refractivity contribution in [3.8, 4) is 0 Å². The van der Waals surface area contributed by atoms with E-state index in [-0.39, 0.29) is 0 Å². The Morgan fingerprint density at radius 3 is 2.90 bits per heavy atom. The Balaban J connectivity index is 1.63. The Bertz CT molecular complexity index is 631. The van der Waals surface area contributed by atoms with E-state index in [4.69, 9.17) is 0 Å². The predicted octanol–water partition coefficient (Wildman–Crippen LogP) is 0.976. The highest BCUT2D eigenvalue weighted by Gasteiger charge is 2.26. The molecule has 2 aliphatic rings. The van der Waals surface area contributed by atoms with Crippen molar-refractivity contribution in [2.24, 2.45) is 0 Å². The summed E-state index contributed by atoms with van der Waals surface area (Å²) in [5.74, 6) is 0. The maximum absolute atomic E-state index is 12.5. The van der Waals surface area contributed by atoms with Crippen molar-refractivity contribution in [3.05, 3.63) is 24.0 Å². The number of hydrogen-bond donors (Lipinski definition) is 1. The van der Waals surface area contributed by atoms with Gasteiger partial charge in [-0.25, -0.2) is 8.42 Å². The SMILES string of the molecule is CC1=CCN(S(=O)(=O)c2cnn(CCNC3CC3)c2)CC1. The Labute approximate surface area is 125 Å². The second-order valence-electron chi connectivity index (χ2n) is 5.83. The van der Waals surface area contributed by atoms with E-state index in [0.717, 1.165) is 13.0 Å². The lowest BCUT2D eigenvalue weighted by atomic mass is 10.1. The van der Waals surface area contributed by atoms with Crippen LogP contribution >= 0.6 is 0 Å². The third kappa shape index (κ3) is 3.53. The summed E-state index contributed by atoms with van der Waals surface area (Å²) in [5.41, 5.74) is 1.25. The largest absolute Gasteiger partial charge is 0.312 e. The normalized spacial score (nSPS) is 20.5. The smallest absolute Gasteiger partial charge is 0.246 e. The molecular formula is C14H22N4O2S. The molecule has 1 aromatic heterocycles. The van der Waals surface area contributed by atoms with E-state index in [9.17, 15) is 8.42 Å². The maximum Gasteiger partial charge on any atom is 0.246 e. The average Bonchev–Trinajstić information content (AvgIpc) is 3.15. The second-order valence-corrected chi connectivity index (χ2v) is 7.77. The first-order valence-electron chi connectivity index (χ1n) is 7.47. The standard InChI is InChI=1S/C14H22N4O2S/c1-12-4-7-18(8-5-12)21(19,20)14-10-16-17(11-14)9-6-15-13-2-3-13/h4,10-11,13,15H,2-3,5-9H2,1H3. The number of nitrogens with zero attached hydrogens (tertiary/aromatic N) is 3. The maximum atomic E-state index is 12.5. The Morgan fingerprint density at radius 2 is 2.24 bits per heavy atom. The van der Waals surface area contributed by atoms with E-state index in [1.54, 1.807) is 10.9 Å². The number of aromatic nitrogens is 2. The van der Waals surface area contributed by atoms with Crippen LogP contribution in [0.25, 0.3) is 0 Å². The molecule has 1 fully saturated rings. The topological polar surface area (TPSA) is 67.2 Å². The van der Waals surface area contributed by atoms with Crippen LogP contribution in [0.15, 0.2) is 28.9 Å². The van der Waals surface area contributed by atoms with Gasteiger partial charge in [-0.05, 0) is 26.2 Å². The molecule has 2 heterocycles. The Kier molecular flexibility index (Phi) is 4.14. The van der Waals surface area contributed by atoms with Crippen molar-refractivity contribution in [2.75, 3.05) is 19.6 Å². The summed E-state index contributed by atoms with van der Waals surface area (Å²) in [6.45, 7) is 4.58. The van der Waals surface area contributed by atoms with Crippen molar-refractivity contribution in [1.29, 1.82) is 0 Å². The van der Waals surface area contributed by atoms with Gasteiger partial charge in [0.25, 0.3) is 0 Å². The van der Waals surface area contributed by atoms with Crippen LogP contribution in [0, 0.1) is 0 Å². The average molecular weight is 310 g/mol. The minimum Gasteiger partial charge on any atom is -0.312 e. The molecule has 1 aliphatic heterocycles. The van der Waals surface area contributed by atoms with Gasteiger partial charge in [-0.15, -0.1) is 0 Å². The summed E-state index contributed by atoms with van der Waals surface area (Å²) in [7, 11) is -3.41. The molecule has 0 bridgehead atoms. The molecule has 0 unspecified atom stereocenters. The van der Waals surface area contributed by atoms with Gasteiger partial charge in [0.15, 0.2) is 0 Å². The first-order valence-corrected chi connectivity index (χ1v) is 8.91. The number of sulfonamides is 1. The fourth-order valence-corrected chi connectivity index (χ4v) is 3.73. The van der Waals surface area contributed by atoms with Gasteiger partial charge >= 0.3 is 0 Å². The molecule has 0 spiro atoms. The van der Waals surface area contributed by atoms with Gasteiger partial charge in [-0.3, -0.25) is 4.68 Å². The van der Waals surface area contributed by atoms with Crippen molar-refractivity contribution < 1.29 is 8.42 Å². The van der Waals surface area contributed by atoms with E-state index in [1.165, 1.54) is 28.9 Å². The zero-order chi connectivity index (χ0) is 14.9. The molecule has 116 valence electrons. The molecule has 7 heteroatoms. The van der Waals surface area contributed by atoms with Gasteiger partial charge < -0.3 is 5.32 Å². The van der Waals surface area contributed by atoms with Crippen LogP contribution in [0.3, 0.4) is 0 Å². The molecule has 0 amide bonds. The zero-order valence-electron chi connectivity index (χ0n) is 12.3. The summed E-state index contributed by atoms with van der Waals surface area (Å²) in [5, 5.41) is 7.56. The molecule has 0 aromatic carbocycles. The van der Waals surface area contributed by atoms with Crippen LogP contribution in [0.1, 0.15) is 26.2 Å². The Morgan fingerprint density at radius 1 is 1.43 bits per heavy atom. The molecule has 1 aromatic rings. The predicted molar refractivity (Wildman–Crippen MR) is 80.4 cm³/mol. The van der Waals surface area contributed by atoms with Crippen molar-refractivity contribution in [1.82, 2.24) is 19.4 Å². The summed E-state index contributed by atoms with van der Waals surface area (Å²) >= 11 is 0. The van der Waals surface area contributed by atoms with Gasteiger partial charge in [0, 0.05) is 31.9 Å². The molecule has 1 saturated carbocycles. The number of nitrogens with one attached hydrogen (secondary N) is 1. The lowest BCUT2D eigenvalue weighted by molar-refractivity contribution is 0.431. The highest BCUT2D eigenvalue weighted by molar-refractivity contribution is 7.89. The summed E-state index contributed by atoms with van der Waals surface area (Å²) in [4.78, 5) is 0.293. The quantitative estimate of drug-likeness (QED) is 0.795. The van der Waals surface area contributed by atoms with E-state index < -0.39 is 10.0 Å². The molecule has 0 radical (unpaired) electrons. The monoisotopic (exact) mass is 310 g/mol. The van der Waals surface area contributed by atoms with Crippen molar-refractivity contribution in [2.45, 2.75) is 43.7 Å². The molecule has 6 nitrogen and oxygen atoms in total. The molecule has 1 N–H and O–H groups in total. The van der Waals surface area contributed by atoms with Gasteiger partial charge in [-0.2, -0.15) is 9.40 Å². The molecule has 0 atom stereocenters. The van der Waals surface area contributed by atoms with Crippen LogP contribution in [0.4, 0.5) is 0 Å². The lowest BCUT2D eigenvalue weighted by Crippen LogP contribution is -2.34. The summed E-state index contributed by atoms with van der Waals surface area (Å²) < 4.78 is 28.3. The third-order valence-electron chi connectivity index (χ3n) is 4.00. The first kappa shape index (κ1) is 14.7. The molecule has 0 saturated heterocycles. The molecular weight excluding hydrogens is 288 g/mol. The van der Waals surface area contributed by atoms with Crippen molar-refractivity contribution in [3.63, 3.8) is 0 Å². The first-order chi connectivity index (χ1) is 10.1. The molecule has 3 rings (SSSR count). The number of hydrogen-bond acceptors (Lipinski definition) is 4.